The molecule has 0 spiro atoms. The predicted octanol–water partition coefficient (Wildman–Crippen LogP) is 2.99. The van der Waals surface area contributed by atoms with Gasteiger partial charge in [0.15, 0.2) is 0 Å². The van der Waals surface area contributed by atoms with E-state index in [1.807, 2.05) is 26.8 Å². The van der Waals surface area contributed by atoms with E-state index in [0.29, 0.717) is 6.04 Å². The Kier molecular flexibility index (Phi) is 6.35. The Balaban J connectivity index is 2.32. The van der Waals surface area contributed by atoms with Crippen LogP contribution in [0.15, 0.2) is 12.7 Å². The number of rotatable bonds is 8. The molecule has 0 aliphatic heterocycles. The number of carbonyl (C=O) groups excluding carboxylic acids is 1. The summed E-state index contributed by atoms with van der Waals surface area (Å²) in [5, 5.41) is 6.41. The zero-order valence-corrected chi connectivity index (χ0v) is 12.5. The van der Waals surface area contributed by atoms with Crippen molar-refractivity contribution in [3.63, 3.8) is 0 Å². The van der Waals surface area contributed by atoms with Crippen LogP contribution >= 0.6 is 0 Å². The van der Waals surface area contributed by atoms with Crippen LogP contribution in [0.1, 0.15) is 52.9 Å². The topological polar surface area (TPSA) is 50.4 Å². The molecule has 0 radical (unpaired) electrons. The van der Waals surface area contributed by atoms with Crippen molar-refractivity contribution in [3.8, 4) is 0 Å². The van der Waals surface area contributed by atoms with E-state index in [1.165, 1.54) is 12.8 Å². The van der Waals surface area contributed by atoms with Crippen molar-refractivity contribution in [1.82, 2.24) is 10.6 Å². The SMILES string of the molecule is C=CCCCC(CNC1CC1)NC(=O)OC(C)(C)C. The molecule has 0 saturated heterocycles. The highest BCUT2D eigenvalue weighted by molar-refractivity contribution is 5.68. The Bertz CT molecular complexity index is 293. The normalized spacial score (nSPS) is 16.8. The third-order valence-electron chi connectivity index (χ3n) is 2.91. The monoisotopic (exact) mass is 268 g/mol. The molecule has 0 bridgehead atoms. The van der Waals surface area contributed by atoms with Gasteiger partial charge < -0.3 is 15.4 Å². The first-order valence-electron chi connectivity index (χ1n) is 7.24. The third-order valence-corrected chi connectivity index (χ3v) is 2.91. The molecule has 1 atom stereocenters. The Morgan fingerprint density at radius 3 is 2.68 bits per heavy atom. The Morgan fingerprint density at radius 2 is 2.16 bits per heavy atom. The average Bonchev–Trinajstić information content (AvgIpc) is 3.07. The number of nitrogens with one attached hydrogen (secondary N) is 2. The van der Waals surface area contributed by atoms with E-state index < -0.39 is 5.60 Å². The van der Waals surface area contributed by atoms with Gasteiger partial charge in [0, 0.05) is 18.6 Å². The van der Waals surface area contributed by atoms with Crippen LogP contribution < -0.4 is 10.6 Å². The molecule has 2 N–H and O–H groups in total. The van der Waals surface area contributed by atoms with Crippen LogP contribution in [0.3, 0.4) is 0 Å². The maximum absolute atomic E-state index is 11.8. The van der Waals surface area contributed by atoms with Crippen LogP contribution in [-0.4, -0.2) is 30.3 Å². The van der Waals surface area contributed by atoms with Gasteiger partial charge in [0.25, 0.3) is 0 Å². The van der Waals surface area contributed by atoms with Crippen molar-refractivity contribution < 1.29 is 9.53 Å². The first-order valence-corrected chi connectivity index (χ1v) is 7.24. The van der Waals surface area contributed by atoms with Crippen LogP contribution in [0.4, 0.5) is 4.79 Å². The summed E-state index contributed by atoms with van der Waals surface area (Å²) < 4.78 is 5.30. The van der Waals surface area contributed by atoms with Gasteiger partial charge in [-0.3, -0.25) is 0 Å². The maximum Gasteiger partial charge on any atom is 0.407 e. The number of amides is 1. The van der Waals surface area contributed by atoms with Crippen molar-refractivity contribution >= 4 is 6.09 Å². The minimum atomic E-state index is -0.445. The highest BCUT2D eigenvalue weighted by Gasteiger charge is 2.23. The average molecular weight is 268 g/mol. The summed E-state index contributed by atoms with van der Waals surface area (Å²) >= 11 is 0. The molecule has 1 amide bonds. The predicted molar refractivity (Wildman–Crippen MR) is 78.2 cm³/mol. The van der Waals surface area contributed by atoms with E-state index in [4.69, 9.17) is 4.74 Å². The van der Waals surface area contributed by atoms with E-state index in [2.05, 4.69) is 17.2 Å². The van der Waals surface area contributed by atoms with E-state index in [0.717, 1.165) is 25.8 Å². The molecular formula is C15H28N2O2. The third kappa shape index (κ3) is 8.65. The molecule has 1 saturated carbocycles. The Hall–Kier alpha value is -1.03. The number of unbranched alkanes of at least 4 members (excludes halogenated alkanes) is 1. The lowest BCUT2D eigenvalue weighted by atomic mass is 10.1. The fourth-order valence-corrected chi connectivity index (χ4v) is 1.80. The Morgan fingerprint density at radius 1 is 1.47 bits per heavy atom. The van der Waals surface area contributed by atoms with Gasteiger partial charge in [-0.2, -0.15) is 0 Å². The lowest BCUT2D eigenvalue weighted by molar-refractivity contribution is 0.0501. The minimum Gasteiger partial charge on any atom is -0.444 e. The molecular weight excluding hydrogens is 240 g/mol. The summed E-state index contributed by atoms with van der Waals surface area (Å²) in [6.45, 7) is 10.2. The second kappa shape index (κ2) is 7.53. The molecule has 0 heterocycles. The van der Waals surface area contributed by atoms with Crippen molar-refractivity contribution in [2.75, 3.05) is 6.54 Å². The van der Waals surface area contributed by atoms with Gasteiger partial charge in [-0.15, -0.1) is 6.58 Å². The van der Waals surface area contributed by atoms with Crippen molar-refractivity contribution in [2.24, 2.45) is 0 Å². The molecule has 0 aromatic carbocycles. The molecule has 0 aromatic rings. The van der Waals surface area contributed by atoms with Gasteiger partial charge in [-0.1, -0.05) is 6.08 Å². The molecule has 1 rings (SSSR count). The highest BCUT2D eigenvalue weighted by Crippen LogP contribution is 2.18. The summed E-state index contributed by atoms with van der Waals surface area (Å²) in [6, 6.07) is 0.790. The fraction of sp³-hybridized carbons (Fsp3) is 0.800. The second-order valence-corrected chi connectivity index (χ2v) is 6.25. The fourth-order valence-electron chi connectivity index (χ4n) is 1.80. The van der Waals surface area contributed by atoms with E-state index >= 15 is 0 Å². The summed E-state index contributed by atoms with van der Waals surface area (Å²) in [4.78, 5) is 11.8. The van der Waals surface area contributed by atoms with Gasteiger partial charge in [0.2, 0.25) is 0 Å². The molecule has 19 heavy (non-hydrogen) atoms. The van der Waals surface area contributed by atoms with Gasteiger partial charge in [-0.05, 0) is 52.9 Å². The smallest absolute Gasteiger partial charge is 0.407 e. The summed E-state index contributed by atoms with van der Waals surface area (Å²) in [5.41, 5.74) is -0.445. The number of alkyl carbamates (subject to hydrolysis) is 1. The zero-order valence-electron chi connectivity index (χ0n) is 12.5. The van der Waals surface area contributed by atoms with Crippen LogP contribution in [0.5, 0.6) is 0 Å². The summed E-state index contributed by atoms with van der Waals surface area (Å²) in [7, 11) is 0. The van der Waals surface area contributed by atoms with Crippen LogP contribution in [0.2, 0.25) is 0 Å². The lowest BCUT2D eigenvalue weighted by Crippen LogP contribution is -2.44. The first kappa shape index (κ1) is 16.0. The maximum atomic E-state index is 11.8. The molecule has 110 valence electrons. The molecule has 4 nitrogen and oxygen atoms in total. The summed E-state index contributed by atoms with van der Waals surface area (Å²) in [5.74, 6) is 0. The molecule has 1 aliphatic carbocycles. The number of allylic oxidation sites excluding steroid dienone is 1. The Labute approximate surface area is 117 Å². The van der Waals surface area contributed by atoms with E-state index in [1.54, 1.807) is 0 Å². The van der Waals surface area contributed by atoms with Gasteiger partial charge >= 0.3 is 6.09 Å². The molecule has 1 aliphatic rings. The highest BCUT2D eigenvalue weighted by atomic mass is 16.6. The lowest BCUT2D eigenvalue weighted by Gasteiger charge is -2.24. The second-order valence-electron chi connectivity index (χ2n) is 6.25. The number of ether oxygens (including phenoxy) is 1. The quantitative estimate of drug-likeness (QED) is 0.525. The first-order chi connectivity index (χ1) is 8.90. The molecule has 0 aromatic heterocycles. The van der Waals surface area contributed by atoms with Crippen LogP contribution in [-0.2, 0) is 4.74 Å². The van der Waals surface area contributed by atoms with Gasteiger partial charge in [0.05, 0.1) is 0 Å². The zero-order chi connectivity index (χ0) is 14.3. The minimum absolute atomic E-state index is 0.135. The molecule has 1 unspecified atom stereocenters. The number of hydrogen-bond donors (Lipinski definition) is 2. The van der Waals surface area contributed by atoms with Crippen molar-refractivity contribution in [3.05, 3.63) is 12.7 Å². The van der Waals surface area contributed by atoms with E-state index in [-0.39, 0.29) is 12.1 Å². The standard InChI is InChI=1S/C15H28N2O2/c1-5-6-7-8-13(11-16-12-9-10-12)17-14(18)19-15(2,3)4/h5,12-13,16H,1,6-11H2,2-4H3,(H,17,18). The molecule has 4 heteroatoms. The van der Waals surface area contributed by atoms with Crippen molar-refractivity contribution in [1.29, 1.82) is 0 Å². The number of carbonyl (C=O) groups is 1. The van der Waals surface area contributed by atoms with Gasteiger partial charge in [0.1, 0.15) is 5.60 Å². The van der Waals surface area contributed by atoms with E-state index in [9.17, 15) is 4.79 Å². The van der Waals surface area contributed by atoms with Gasteiger partial charge in [-0.25, -0.2) is 4.79 Å². The summed E-state index contributed by atoms with van der Waals surface area (Å²) in [6.07, 6.45) is 7.07. The van der Waals surface area contributed by atoms with Crippen LogP contribution in [0.25, 0.3) is 0 Å². The molecule has 1 fully saturated rings. The number of hydrogen-bond acceptors (Lipinski definition) is 3. The van der Waals surface area contributed by atoms with Crippen molar-refractivity contribution in [2.45, 2.75) is 70.6 Å². The van der Waals surface area contributed by atoms with Crippen LogP contribution in [0, 0.1) is 0 Å². The largest absolute Gasteiger partial charge is 0.444 e.